The summed E-state index contributed by atoms with van der Waals surface area (Å²) in [4.78, 5) is 20.1. The lowest BCUT2D eigenvalue weighted by atomic mass is 10.1. The number of carbonyl (C=O) groups is 1. The SMILES string of the molecule is CC(=O)c1cccc(Nc2cc(Nc3ccc(C(F)(F)F)cc3)nc(C)n2)c1. The number of ketones is 1. The van der Waals surface area contributed by atoms with Gasteiger partial charge in [0, 0.05) is 23.0 Å². The molecule has 0 aliphatic heterocycles. The van der Waals surface area contributed by atoms with Crippen LogP contribution in [-0.4, -0.2) is 15.8 Å². The molecule has 0 aliphatic rings. The Morgan fingerprint density at radius 3 is 2.07 bits per heavy atom. The summed E-state index contributed by atoms with van der Waals surface area (Å²) in [6.07, 6.45) is -4.38. The number of aryl methyl sites for hydroxylation is 1. The van der Waals surface area contributed by atoms with Crippen molar-refractivity contribution in [2.24, 2.45) is 0 Å². The maximum Gasteiger partial charge on any atom is 0.416 e. The largest absolute Gasteiger partial charge is 0.416 e. The molecule has 0 bridgehead atoms. The zero-order chi connectivity index (χ0) is 20.3. The van der Waals surface area contributed by atoms with Crippen molar-refractivity contribution in [2.45, 2.75) is 20.0 Å². The van der Waals surface area contributed by atoms with Gasteiger partial charge in [0.25, 0.3) is 0 Å². The number of nitrogens with zero attached hydrogens (tertiary/aromatic N) is 2. The first-order valence-corrected chi connectivity index (χ1v) is 8.39. The molecule has 0 atom stereocenters. The molecule has 0 spiro atoms. The maximum absolute atomic E-state index is 12.7. The summed E-state index contributed by atoms with van der Waals surface area (Å²) in [7, 11) is 0. The average Bonchev–Trinajstić information content (AvgIpc) is 2.61. The van der Waals surface area contributed by atoms with Crippen molar-refractivity contribution in [1.29, 1.82) is 0 Å². The van der Waals surface area contributed by atoms with E-state index in [9.17, 15) is 18.0 Å². The van der Waals surface area contributed by atoms with Gasteiger partial charge >= 0.3 is 6.18 Å². The summed E-state index contributed by atoms with van der Waals surface area (Å²) in [6, 6.07) is 13.3. The van der Waals surface area contributed by atoms with E-state index in [1.54, 1.807) is 37.3 Å². The molecule has 0 unspecified atom stereocenters. The molecule has 0 saturated heterocycles. The highest BCUT2D eigenvalue weighted by Gasteiger charge is 2.29. The van der Waals surface area contributed by atoms with Gasteiger partial charge in [-0.2, -0.15) is 13.2 Å². The highest BCUT2D eigenvalue weighted by molar-refractivity contribution is 5.95. The lowest BCUT2D eigenvalue weighted by Gasteiger charge is -2.12. The molecule has 1 aromatic heterocycles. The normalized spacial score (nSPS) is 11.2. The van der Waals surface area contributed by atoms with E-state index < -0.39 is 11.7 Å². The highest BCUT2D eigenvalue weighted by Crippen LogP contribution is 2.30. The van der Waals surface area contributed by atoms with E-state index in [0.717, 1.165) is 12.1 Å². The van der Waals surface area contributed by atoms with E-state index in [1.807, 2.05) is 0 Å². The second kappa shape index (κ2) is 7.67. The zero-order valence-corrected chi connectivity index (χ0v) is 15.1. The fourth-order valence-corrected chi connectivity index (χ4v) is 2.55. The Morgan fingerprint density at radius 1 is 0.893 bits per heavy atom. The van der Waals surface area contributed by atoms with Gasteiger partial charge in [-0.1, -0.05) is 12.1 Å². The summed E-state index contributed by atoms with van der Waals surface area (Å²) in [5.74, 6) is 1.34. The van der Waals surface area contributed by atoms with Crippen LogP contribution in [0.5, 0.6) is 0 Å². The summed E-state index contributed by atoms with van der Waals surface area (Å²) < 4.78 is 38.0. The van der Waals surface area contributed by atoms with Gasteiger partial charge in [-0.3, -0.25) is 4.79 Å². The number of Topliss-reactive ketones (excluding diaryl/α,β-unsaturated/α-hetero) is 1. The van der Waals surface area contributed by atoms with Gasteiger partial charge in [0.1, 0.15) is 17.5 Å². The Bertz CT molecular complexity index is 1000. The molecule has 28 heavy (non-hydrogen) atoms. The fourth-order valence-electron chi connectivity index (χ4n) is 2.55. The van der Waals surface area contributed by atoms with E-state index in [4.69, 9.17) is 0 Å². The molecule has 2 aromatic carbocycles. The Balaban J connectivity index is 1.80. The first kappa shape index (κ1) is 19.3. The van der Waals surface area contributed by atoms with Crippen LogP contribution in [-0.2, 0) is 6.18 Å². The third-order valence-electron chi connectivity index (χ3n) is 3.86. The number of aromatic nitrogens is 2. The molecule has 2 N–H and O–H groups in total. The Morgan fingerprint density at radius 2 is 1.50 bits per heavy atom. The van der Waals surface area contributed by atoms with Crippen molar-refractivity contribution < 1.29 is 18.0 Å². The minimum Gasteiger partial charge on any atom is -0.340 e. The molecule has 0 fully saturated rings. The Hall–Kier alpha value is -3.42. The maximum atomic E-state index is 12.7. The molecular formula is C20H17F3N4O. The van der Waals surface area contributed by atoms with Crippen LogP contribution in [0.3, 0.4) is 0 Å². The summed E-state index contributed by atoms with van der Waals surface area (Å²) >= 11 is 0. The smallest absolute Gasteiger partial charge is 0.340 e. The van der Waals surface area contributed by atoms with Gasteiger partial charge in [0.15, 0.2) is 5.78 Å². The molecule has 144 valence electrons. The van der Waals surface area contributed by atoms with Gasteiger partial charge < -0.3 is 10.6 Å². The minimum atomic E-state index is -4.38. The number of carbonyl (C=O) groups excluding carboxylic acids is 1. The van der Waals surface area contributed by atoms with Crippen molar-refractivity contribution in [3.8, 4) is 0 Å². The predicted molar refractivity (Wildman–Crippen MR) is 101 cm³/mol. The Kier molecular flexibility index (Phi) is 5.30. The number of nitrogens with one attached hydrogen (secondary N) is 2. The third-order valence-corrected chi connectivity index (χ3v) is 3.86. The van der Waals surface area contributed by atoms with Gasteiger partial charge in [0.2, 0.25) is 0 Å². The number of anilines is 4. The molecule has 0 saturated carbocycles. The van der Waals surface area contributed by atoms with Gasteiger partial charge in [-0.15, -0.1) is 0 Å². The predicted octanol–water partition coefficient (Wildman–Crippen LogP) is 5.49. The number of hydrogen-bond donors (Lipinski definition) is 2. The number of benzene rings is 2. The summed E-state index contributed by atoms with van der Waals surface area (Å²) in [6.45, 7) is 3.19. The van der Waals surface area contributed by atoms with Gasteiger partial charge in [-0.05, 0) is 50.2 Å². The van der Waals surface area contributed by atoms with Crippen molar-refractivity contribution in [3.05, 3.63) is 71.5 Å². The first-order valence-electron chi connectivity index (χ1n) is 8.39. The quantitative estimate of drug-likeness (QED) is 0.567. The molecule has 1 heterocycles. The van der Waals surface area contributed by atoms with Crippen LogP contribution >= 0.6 is 0 Å². The van der Waals surface area contributed by atoms with Crippen LogP contribution in [0, 0.1) is 6.92 Å². The van der Waals surface area contributed by atoms with Crippen LogP contribution in [0.15, 0.2) is 54.6 Å². The van der Waals surface area contributed by atoms with Crippen molar-refractivity contribution in [3.63, 3.8) is 0 Å². The second-order valence-electron chi connectivity index (χ2n) is 6.15. The van der Waals surface area contributed by atoms with Crippen molar-refractivity contribution >= 4 is 28.8 Å². The average molecular weight is 386 g/mol. The number of rotatable bonds is 5. The van der Waals surface area contributed by atoms with Gasteiger partial charge in [-0.25, -0.2) is 9.97 Å². The van der Waals surface area contributed by atoms with Crippen molar-refractivity contribution in [2.75, 3.05) is 10.6 Å². The van der Waals surface area contributed by atoms with Gasteiger partial charge in [0.05, 0.1) is 5.56 Å². The van der Waals surface area contributed by atoms with E-state index >= 15 is 0 Å². The van der Waals surface area contributed by atoms with Crippen LogP contribution < -0.4 is 10.6 Å². The molecule has 0 amide bonds. The second-order valence-corrected chi connectivity index (χ2v) is 6.15. The lowest BCUT2D eigenvalue weighted by molar-refractivity contribution is -0.137. The molecule has 0 aliphatic carbocycles. The van der Waals surface area contributed by atoms with Crippen LogP contribution in [0.1, 0.15) is 28.7 Å². The molecule has 0 radical (unpaired) electrons. The number of alkyl halides is 3. The standard InChI is InChI=1S/C20H17F3N4O/c1-12(28)14-4-3-5-17(10-14)27-19-11-18(24-13(2)25-19)26-16-8-6-15(7-9-16)20(21,22)23/h3-11H,1-2H3,(H2,24,25,26,27). The monoisotopic (exact) mass is 386 g/mol. The Labute approximate surface area is 159 Å². The molecular weight excluding hydrogens is 369 g/mol. The third kappa shape index (κ3) is 4.85. The minimum absolute atomic E-state index is 0.0489. The van der Waals surface area contributed by atoms with E-state index in [1.165, 1.54) is 19.1 Å². The van der Waals surface area contributed by atoms with E-state index in [2.05, 4.69) is 20.6 Å². The van der Waals surface area contributed by atoms with E-state index in [0.29, 0.717) is 34.4 Å². The van der Waals surface area contributed by atoms with Crippen LogP contribution in [0.2, 0.25) is 0 Å². The fraction of sp³-hybridized carbons (Fsp3) is 0.150. The lowest BCUT2D eigenvalue weighted by Crippen LogP contribution is -2.05. The zero-order valence-electron chi connectivity index (χ0n) is 15.1. The molecule has 3 rings (SSSR count). The topological polar surface area (TPSA) is 66.9 Å². The first-order chi connectivity index (χ1) is 13.2. The van der Waals surface area contributed by atoms with Crippen LogP contribution in [0.25, 0.3) is 0 Å². The highest BCUT2D eigenvalue weighted by atomic mass is 19.4. The number of hydrogen-bond acceptors (Lipinski definition) is 5. The van der Waals surface area contributed by atoms with Crippen molar-refractivity contribution in [1.82, 2.24) is 9.97 Å². The molecule has 3 aromatic rings. The van der Waals surface area contributed by atoms with Crippen LogP contribution in [0.4, 0.5) is 36.2 Å². The summed E-state index contributed by atoms with van der Waals surface area (Å²) in [5.41, 5.74) is 1.01. The van der Waals surface area contributed by atoms with E-state index in [-0.39, 0.29) is 5.78 Å². The molecule has 8 heteroatoms. The number of halogens is 3. The molecule has 5 nitrogen and oxygen atoms in total. The summed E-state index contributed by atoms with van der Waals surface area (Å²) in [5, 5.41) is 6.07.